The van der Waals surface area contributed by atoms with Gasteiger partial charge in [0, 0.05) is 17.1 Å². The Labute approximate surface area is 170 Å². The van der Waals surface area contributed by atoms with E-state index >= 15 is 0 Å². The number of hydrogen-bond acceptors (Lipinski definition) is 4. The van der Waals surface area contributed by atoms with Crippen molar-refractivity contribution in [2.45, 2.75) is 6.04 Å². The number of fused-ring (bicyclic) bond motifs is 1. The molecule has 136 valence electrons. The second-order valence-corrected chi connectivity index (χ2v) is 7.14. The highest BCUT2D eigenvalue weighted by Gasteiger charge is 2.23. The Balaban J connectivity index is 1.84. The van der Waals surface area contributed by atoms with Crippen LogP contribution in [-0.4, -0.2) is 10.1 Å². The maximum absolute atomic E-state index is 10.8. The minimum absolute atomic E-state index is 0.0678. The van der Waals surface area contributed by atoms with E-state index in [9.17, 15) is 5.11 Å². The van der Waals surface area contributed by atoms with Crippen LogP contribution < -0.4 is 5.32 Å². The number of furan rings is 1. The van der Waals surface area contributed by atoms with Gasteiger partial charge in [-0.05, 0) is 30.3 Å². The Morgan fingerprint density at radius 1 is 0.963 bits per heavy atom. The number of halogens is 3. The molecule has 0 saturated heterocycles. The number of hydrogen-bond donors (Lipinski definition) is 2. The first-order valence-electron chi connectivity index (χ1n) is 8.05. The SMILES string of the molecule is Oc1c(C(Nc2cc(Cl)c(Cl)cc2Cl)c2ccco2)ccc2cccnc12. The number of pyridine rings is 1. The van der Waals surface area contributed by atoms with E-state index in [1.54, 1.807) is 30.7 Å². The fourth-order valence-electron chi connectivity index (χ4n) is 2.92. The molecule has 4 rings (SSSR count). The topological polar surface area (TPSA) is 58.3 Å². The standard InChI is InChI=1S/C20H13Cl3N2O2/c21-13-9-15(23)16(10-14(13)22)25-19(17-4-2-8-27-17)12-6-5-11-3-1-7-24-18(11)20(12)26/h1-10,19,25-26H. The monoisotopic (exact) mass is 418 g/mol. The predicted octanol–water partition coefficient (Wildman–Crippen LogP) is 6.70. The van der Waals surface area contributed by atoms with E-state index in [2.05, 4.69) is 10.3 Å². The number of aromatic nitrogens is 1. The third-order valence-corrected chi connectivity index (χ3v) is 5.26. The van der Waals surface area contributed by atoms with Gasteiger partial charge in [-0.25, -0.2) is 0 Å². The summed E-state index contributed by atoms with van der Waals surface area (Å²) >= 11 is 18.5. The molecule has 0 amide bonds. The smallest absolute Gasteiger partial charge is 0.147 e. The van der Waals surface area contributed by atoms with Crippen molar-refractivity contribution in [1.82, 2.24) is 4.98 Å². The molecule has 0 aliphatic heterocycles. The van der Waals surface area contributed by atoms with Crippen LogP contribution in [0.4, 0.5) is 5.69 Å². The molecule has 0 spiro atoms. The Morgan fingerprint density at radius 3 is 2.56 bits per heavy atom. The lowest BCUT2D eigenvalue weighted by Crippen LogP contribution is -2.12. The normalized spacial score (nSPS) is 12.3. The number of benzene rings is 2. The van der Waals surface area contributed by atoms with Gasteiger partial charge >= 0.3 is 0 Å². The Morgan fingerprint density at radius 2 is 1.78 bits per heavy atom. The van der Waals surface area contributed by atoms with Crippen LogP contribution in [-0.2, 0) is 0 Å². The first-order chi connectivity index (χ1) is 13.0. The van der Waals surface area contributed by atoms with Gasteiger partial charge in [0.05, 0.1) is 27.0 Å². The van der Waals surface area contributed by atoms with Crippen LogP contribution in [0.3, 0.4) is 0 Å². The molecule has 2 aromatic heterocycles. The lowest BCUT2D eigenvalue weighted by molar-refractivity contribution is 0.458. The highest BCUT2D eigenvalue weighted by atomic mass is 35.5. The summed E-state index contributed by atoms with van der Waals surface area (Å²) in [6.45, 7) is 0. The first kappa shape index (κ1) is 18.0. The molecule has 0 aliphatic rings. The number of rotatable bonds is 4. The molecule has 2 aromatic carbocycles. The highest BCUT2D eigenvalue weighted by molar-refractivity contribution is 6.44. The van der Waals surface area contributed by atoms with Gasteiger partial charge in [0.2, 0.25) is 0 Å². The summed E-state index contributed by atoms with van der Waals surface area (Å²) < 4.78 is 5.59. The Bertz CT molecular complexity index is 1110. The van der Waals surface area contributed by atoms with Crippen LogP contribution in [0.1, 0.15) is 17.4 Å². The first-order valence-corrected chi connectivity index (χ1v) is 9.19. The zero-order valence-corrected chi connectivity index (χ0v) is 16.1. The van der Waals surface area contributed by atoms with Gasteiger partial charge in [-0.3, -0.25) is 4.98 Å². The van der Waals surface area contributed by atoms with Crippen molar-refractivity contribution >= 4 is 51.4 Å². The third-order valence-electron chi connectivity index (χ3n) is 4.23. The molecule has 0 fully saturated rings. The van der Waals surface area contributed by atoms with Crippen molar-refractivity contribution in [1.29, 1.82) is 0 Å². The second-order valence-electron chi connectivity index (χ2n) is 5.92. The van der Waals surface area contributed by atoms with E-state index in [0.29, 0.717) is 37.6 Å². The molecule has 0 bridgehead atoms. The van der Waals surface area contributed by atoms with Crippen LogP contribution in [0.25, 0.3) is 10.9 Å². The van der Waals surface area contributed by atoms with Crippen molar-refractivity contribution in [3.8, 4) is 5.75 Å². The number of aromatic hydroxyl groups is 1. The number of anilines is 1. The summed E-state index contributed by atoms with van der Waals surface area (Å²) in [5.74, 6) is 0.668. The van der Waals surface area contributed by atoms with Crippen molar-refractivity contribution < 1.29 is 9.52 Å². The van der Waals surface area contributed by atoms with Gasteiger partial charge in [-0.15, -0.1) is 0 Å². The molecule has 7 heteroatoms. The molecule has 0 saturated carbocycles. The number of nitrogens with one attached hydrogen (secondary N) is 1. The number of phenols is 1. The summed E-state index contributed by atoms with van der Waals surface area (Å²) in [6.07, 6.45) is 3.20. The Kier molecular flexibility index (Phi) is 4.87. The van der Waals surface area contributed by atoms with E-state index in [1.165, 1.54) is 0 Å². The van der Waals surface area contributed by atoms with Gasteiger partial charge in [-0.2, -0.15) is 0 Å². The molecule has 2 heterocycles. The summed E-state index contributed by atoms with van der Waals surface area (Å²) in [5, 5.41) is 16.1. The summed E-state index contributed by atoms with van der Waals surface area (Å²) in [4.78, 5) is 4.28. The van der Waals surface area contributed by atoms with Gasteiger partial charge < -0.3 is 14.8 Å². The molecular weight excluding hydrogens is 407 g/mol. The van der Waals surface area contributed by atoms with E-state index in [0.717, 1.165) is 5.39 Å². The fraction of sp³-hybridized carbons (Fsp3) is 0.0500. The van der Waals surface area contributed by atoms with Gasteiger partial charge in [0.25, 0.3) is 0 Å². The van der Waals surface area contributed by atoms with Crippen LogP contribution >= 0.6 is 34.8 Å². The van der Waals surface area contributed by atoms with Gasteiger partial charge in [0.15, 0.2) is 0 Å². The predicted molar refractivity (Wildman–Crippen MR) is 109 cm³/mol. The maximum atomic E-state index is 10.8. The van der Waals surface area contributed by atoms with E-state index in [4.69, 9.17) is 39.2 Å². The highest BCUT2D eigenvalue weighted by Crippen LogP contribution is 2.39. The van der Waals surface area contributed by atoms with Crippen LogP contribution in [0.2, 0.25) is 15.1 Å². The lowest BCUT2D eigenvalue weighted by atomic mass is 10.0. The Hall–Kier alpha value is -2.40. The molecule has 4 aromatic rings. The zero-order valence-electron chi connectivity index (χ0n) is 13.8. The van der Waals surface area contributed by atoms with Crippen molar-refractivity contribution in [2.75, 3.05) is 5.32 Å². The largest absolute Gasteiger partial charge is 0.505 e. The second kappa shape index (κ2) is 7.31. The molecule has 27 heavy (non-hydrogen) atoms. The summed E-state index contributed by atoms with van der Waals surface area (Å²) in [7, 11) is 0. The zero-order chi connectivity index (χ0) is 19.0. The van der Waals surface area contributed by atoms with E-state index in [-0.39, 0.29) is 5.75 Å². The van der Waals surface area contributed by atoms with Gasteiger partial charge in [0.1, 0.15) is 23.1 Å². The molecular formula is C20H13Cl3N2O2. The lowest BCUT2D eigenvalue weighted by Gasteiger charge is -2.21. The average Bonchev–Trinajstić information content (AvgIpc) is 3.19. The molecule has 0 radical (unpaired) electrons. The summed E-state index contributed by atoms with van der Waals surface area (Å²) in [5.41, 5.74) is 1.67. The van der Waals surface area contributed by atoms with Crippen LogP contribution in [0.5, 0.6) is 5.75 Å². The number of phenolic OH excluding ortho intramolecular Hbond substituents is 1. The number of nitrogens with zero attached hydrogens (tertiary/aromatic N) is 1. The fourth-order valence-corrected chi connectivity index (χ4v) is 3.53. The van der Waals surface area contributed by atoms with Crippen LogP contribution in [0, 0.1) is 0 Å². The van der Waals surface area contributed by atoms with E-state index < -0.39 is 6.04 Å². The molecule has 0 aliphatic carbocycles. The molecule has 2 N–H and O–H groups in total. The third kappa shape index (κ3) is 3.44. The molecule has 1 unspecified atom stereocenters. The average molecular weight is 420 g/mol. The minimum atomic E-state index is -0.513. The van der Waals surface area contributed by atoms with Gasteiger partial charge in [-0.1, -0.05) is 53.0 Å². The summed E-state index contributed by atoms with van der Waals surface area (Å²) in [6, 6.07) is 13.7. The maximum Gasteiger partial charge on any atom is 0.147 e. The quantitative estimate of drug-likeness (QED) is 0.362. The van der Waals surface area contributed by atoms with Crippen LogP contribution in [0.15, 0.2) is 65.4 Å². The van der Waals surface area contributed by atoms with E-state index in [1.807, 2.05) is 30.3 Å². The van der Waals surface area contributed by atoms with Crippen molar-refractivity contribution in [3.05, 3.63) is 87.4 Å². The minimum Gasteiger partial charge on any atom is -0.505 e. The van der Waals surface area contributed by atoms with Crippen molar-refractivity contribution in [2.24, 2.45) is 0 Å². The van der Waals surface area contributed by atoms with Crippen molar-refractivity contribution in [3.63, 3.8) is 0 Å². The molecule has 1 atom stereocenters. The molecule has 4 nitrogen and oxygen atoms in total.